The van der Waals surface area contributed by atoms with Gasteiger partial charge in [-0.25, -0.2) is 0 Å². The van der Waals surface area contributed by atoms with Gasteiger partial charge in [-0.05, 0) is 19.9 Å². The van der Waals surface area contributed by atoms with E-state index in [9.17, 15) is 4.79 Å². The second-order valence-electron chi connectivity index (χ2n) is 4.87. The maximum atomic E-state index is 12.2. The van der Waals surface area contributed by atoms with Gasteiger partial charge in [-0.2, -0.15) is 0 Å². The van der Waals surface area contributed by atoms with Crippen LogP contribution < -0.4 is 20.1 Å². The lowest BCUT2D eigenvalue weighted by atomic mass is 10.2. The molecule has 2 N–H and O–H groups in total. The number of carbonyl (C=O) groups is 1. The van der Waals surface area contributed by atoms with Crippen molar-refractivity contribution >= 4 is 29.1 Å². The number of benzene rings is 1. The summed E-state index contributed by atoms with van der Waals surface area (Å²) in [6, 6.07) is 4.37. The van der Waals surface area contributed by atoms with Gasteiger partial charge in [-0.15, -0.1) is 0 Å². The first-order chi connectivity index (χ1) is 10.9. The summed E-state index contributed by atoms with van der Waals surface area (Å²) in [7, 11) is 3.04. The molecule has 1 heterocycles. The molecule has 0 aliphatic rings. The first kappa shape index (κ1) is 17.0. The first-order valence-corrected chi connectivity index (χ1v) is 7.24. The standard InChI is InChI=1S/C15H18ClN3O4/c1-8-5-14(23-19-8)18-15(20)9(2)17-11-6-10(16)12(21-3)7-13(11)22-4/h5-7,9,17H,1-4H3,(H,18,20)/t9-/m0/s1. The van der Waals surface area contributed by atoms with E-state index in [1.807, 2.05) is 0 Å². The third-order valence-corrected chi connectivity index (χ3v) is 3.41. The smallest absolute Gasteiger partial charge is 0.248 e. The second-order valence-corrected chi connectivity index (χ2v) is 5.28. The summed E-state index contributed by atoms with van der Waals surface area (Å²) in [5, 5.41) is 9.79. The van der Waals surface area contributed by atoms with Gasteiger partial charge in [0.25, 0.3) is 0 Å². The van der Waals surface area contributed by atoms with E-state index in [-0.39, 0.29) is 5.91 Å². The summed E-state index contributed by atoms with van der Waals surface area (Å²) in [6.07, 6.45) is 0. The van der Waals surface area contributed by atoms with Crippen LogP contribution >= 0.6 is 11.6 Å². The van der Waals surface area contributed by atoms with Gasteiger partial charge in [0.15, 0.2) is 0 Å². The molecule has 0 aliphatic heterocycles. The third-order valence-electron chi connectivity index (χ3n) is 3.11. The van der Waals surface area contributed by atoms with Crippen LogP contribution in [0.4, 0.5) is 11.6 Å². The highest BCUT2D eigenvalue weighted by atomic mass is 35.5. The molecule has 0 saturated heterocycles. The molecule has 0 saturated carbocycles. The fourth-order valence-electron chi connectivity index (χ4n) is 1.92. The summed E-state index contributed by atoms with van der Waals surface area (Å²) in [4.78, 5) is 12.2. The van der Waals surface area contributed by atoms with Crippen LogP contribution in [0, 0.1) is 6.92 Å². The van der Waals surface area contributed by atoms with Crippen LogP contribution in [0.1, 0.15) is 12.6 Å². The highest BCUT2D eigenvalue weighted by molar-refractivity contribution is 6.32. The number of hydrogen-bond acceptors (Lipinski definition) is 6. The van der Waals surface area contributed by atoms with E-state index >= 15 is 0 Å². The predicted molar refractivity (Wildman–Crippen MR) is 87.5 cm³/mol. The van der Waals surface area contributed by atoms with Crippen molar-refractivity contribution in [1.82, 2.24) is 5.16 Å². The van der Waals surface area contributed by atoms with Crippen molar-refractivity contribution in [3.63, 3.8) is 0 Å². The molecule has 0 spiro atoms. The van der Waals surface area contributed by atoms with Crippen LogP contribution in [0.3, 0.4) is 0 Å². The first-order valence-electron chi connectivity index (χ1n) is 6.86. The van der Waals surface area contributed by atoms with Crippen LogP contribution in [-0.2, 0) is 4.79 Å². The van der Waals surface area contributed by atoms with Crippen LogP contribution in [0.2, 0.25) is 5.02 Å². The van der Waals surface area contributed by atoms with Gasteiger partial charge in [-0.1, -0.05) is 16.8 Å². The fraction of sp³-hybridized carbons (Fsp3) is 0.333. The van der Waals surface area contributed by atoms with E-state index in [0.717, 1.165) is 0 Å². The Kier molecular flexibility index (Phi) is 5.33. The maximum absolute atomic E-state index is 12.2. The Hall–Kier alpha value is -2.41. The number of rotatable bonds is 6. The molecular weight excluding hydrogens is 322 g/mol. The van der Waals surface area contributed by atoms with Gasteiger partial charge >= 0.3 is 0 Å². The number of aryl methyl sites for hydroxylation is 1. The summed E-state index contributed by atoms with van der Waals surface area (Å²) in [6.45, 7) is 3.47. The van der Waals surface area contributed by atoms with E-state index in [4.69, 9.17) is 25.6 Å². The minimum absolute atomic E-state index is 0.282. The average molecular weight is 340 g/mol. The molecule has 0 bridgehead atoms. The zero-order valence-corrected chi connectivity index (χ0v) is 14.0. The minimum atomic E-state index is -0.557. The van der Waals surface area contributed by atoms with E-state index in [0.29, 0.717) is 33.8 Å². The molecule has 1 aromatic heterocycles. The highest BCUT2D eigenvalue weighted by Gasteiger charge is 2.18. The normalized spacial score (nSPS) is 11.7. The zero-order valence-electron chi connectivity index (χ0n) is 13.3. The topological polar surface area (TPSA) is 85.6 Å². The number of ether oxygens (including phenoxy) is 2. The van der Waals surface area contributed by atoms with Crippen LogP contribution in [0.15, 0.2) is 22.7 Å². The molecule has 8 heteroatoms. The molecule has 23 heavy (non-hydrogen) atoms. The Morgan fingerprint density at radius 3 is 2.52 bits per heavy atom. The number of anilines is 2. The summed E-state index contributed by atoms with van der Waals surface area (Å²) in [5.74, 6) is 1.01. The lowest BCUT2D eigenvalue weighted by molar-refractivity contribution is -0.116. The number of halogens is 1. The molecule has 124 valence electrons. The van der Waals surface area contributed by atoms with Crippen LogP contribution in [0.5, 0.6) is 11.5 Å². The van der Waals surface area contributed by atoms with E-state index in [1.54, 1.807) is 32.0 Å². The molecule has 0 aliphatic carbocycles. The van der Waals surface area contributed by atoms with Gasteiger partial charge < -0.3 is 19.3 Å². The van der Waals surface area contributed by atoms with E-state index < -0.39 is 6.04 Å². The Bertz CT molecular complexity index is 702. The summed E-state index contributed by atoms with van der Waals surface area (Å²) >= 11 is 6.11. The van der Waals surface area contributed by atoms with Crippen LogP contribution in [-0.4, -0.2) is 31.3 Å². The second kappa shape index (κ2) is 7.23. The lowest BCUT2D eigenvalue weighted by Gasteiger charge is -2.18. The maximum Gasteiger partial charge on any atom is 0.248 e. The molecule has 2 rings (SSSR count). The van der Waals surface area contributed by atoms with Crippen molar-refractivity contribution in [2.75, 3.05) is 24.9 Å². The predicted octanol–water partition coefficient (Wildman–Crippen LogP) is 3.09. The quantitative estimate of drug-likeness (QED) is 0.841. The molecule has 0 radical (unpaired) electrons. The van der Waals surface area contributed by atoms with Crippen LogP contribution in [0.25, 0.3) is 0 Å². The molecular formula is C15H18ClN3O4. The summed E-state index contributed by atoms with van der Waals surface area (Å²) < 4.78 is 15.4. The van der Waals surface area contributed by atoms with Crippen molar-refractivity contribution < 1.29 is 18.8 Å². The minimum Gasteiger partial charge on any atom is -0.495 e. The number of methoxy groups -OCH3 is 2. The fourth-order valence-corrected chi connectivity index (χ4v) is 2.16. The largest absolute Gasteiger partial charge is 0.495 e. The number of hydrogen-bond donors (Lipinski definition) is 2. The van der Waals surface area contributed by atoms with Gasteiger partial charge in [0.1, 0.15) is 17.5 Å². The van der Waals surface area contributed by atoms with Gasteiger partial charge in [0, 0.05) is 12.1 Å². The molecule has 0 unspecified atom stereocenters. The van der Waals surface area contributed by atoms with Gasteiger partial charge in [0.2, 0.25) is 11.8 Å². The van der Waals surface area contributed by atoms with Crippen molar-refractivity contribution in [2.24, 2.45) is 0 Å². The molecule has 1 aromatic carbocycles. The SMILES string of the molecule is COc1cc(OC)c(N[C@@H](C)C(=O)Nc2cc(C)no2)cc1Cl. The Morgan fingerprint density at radius 2 is 1.96 bits per heavy atom. The van der Waals surface area contributed by atoms with Gasteiger partial charge in [-0.3, -0.25) is 10.1 Å². The number of aromatic nitrogens is 1. The Morgan fingerprint density at radius 1 is 1.26 bits per heavy atom. The van der Waals surface area contributed by atoms with Crippen molar-refractivity contribution in [3.8, 4) is 11.5 Å². The monoisotopic (exact) mass is 339 g/mol. The number of nitrogens with one attached hydrogen (secondary N) is 2. The number of amides is 1. The Balaban J connectivity index is 2.11. The van der Waals surface area contributed by atoms with E-state index in [2.05, 4.69) is 15.8 Å². The Labute approximate surface area is 138 Å². The van der Waals surface area contributed by atoms with Crippen molar-refractivity contribution in [2.45, 2.75) is 19.9 Å². The molecule has 0 fully saturated rings. The highest BCUT2D eigenvalue weighted by Crippen LogP contribution is 2.36. The van der Waals surface area contributed by atoms with Crippen molar-refractivity contribution in [1.29, 1.82) is 0 Å². The average Bonchev–Trinajstić information content (AvgIpc) is 2.92. The summed E-state index contributed by atoms with van der Waals surface area (Å²) in [5.41, 5.74) is 1.26. The molecule has 1 amide bonds. The third kappa shape index (κ3) is 4.07. The molecule has 7 nitrogen and oxygen atoms in total. The van der Waals surface area contributed by atoms with Gasteiger partial charge in [0.05, 0.1) is 30.6 Å². The van der Waals surface area contributed by atoms with Crippen molar-refractivity contribution in [3.05, 3.63) is 28.9 Å². The number of nitrogens with zero attached hydrogens (tertiary/aromatic N) is 1. The zero-order chi connectivity index (χ0) is 17.0. The lowest BCUT2D eigenvalue weighted by Crippen LogP contribution is -2.31. The molecule has 1 atom stereocenters. The molecule has 2 aromatic rings. The number of carbonyl (C=O) groups excluding carboxylic acids is 1. The van der Waals surface area contributed by atoms with E-state index in [1.165, 1.54) is 14.2 Å².